The van der Waals surface area contributed by atoms with Crippen molar-refractivity contribution in [2.75, 3.05) is 6.54 Å². The lowest BCUT2D eigenvalue weighted by molar-refractivity contribution is -0.139. The van der Waals surface area contributed by atoms with Gasteiger partial charge in [-0.1, -0.05) is 13.8 Å². The van der Waals surface area contributed by atoms with Crippen molar-refractivity contribution >= 4 is 11.8 Å². The van der Waals surface area contributed by atoms with Gasteiger partial charge in [0.1, 0.15) is 17.9 Å². The molecule has 0 saturated carbocycles. The zero-order chi connectivity index (χ0) is 17.0. The number of nitrogens with zero attached hydrogens (tertiary/aromatic N) is 1. The summed E-state index contributed by atoms with van der Waals surface area (Å²) in [5.41, 5.74) is 0. The highest BCUT2D eigenvalue weighted by molar-refractivity contribution is 5.88. The van der Waals surface area contributed by atoms with E-state index in [1.54, 1.807) is 17.0 Å². The van der Waals surface area contributed by atoms with Crippen molar-refractivity contribution in [3.8, 4) is 0 Å². The van der Waals surface area contributed by atoms with Gasteiger partial charge in [0, 0.05) is 25.4 Å². The van der Waals surface area contributed by atoms with E-state index in [2.05, 4.69) is 5.32 Å². The SMILES string of the molecule is CC(CC(O)c1ccco1)NC(=O)C(C(C)C)N1CCCC1=O. The van der Waals surface area contributed by atoms with Crippen LogP contribution in [0.15, 0.2) is 22.8 Å². The highest BCUT2D eigenvalue weighted by Crippen LogP contribution is 2.21. The van der Waals surface area contributed by atoms with E-state index >= 15 is 0 Å². The number of carbonyl (C=O) groups excluding carboxylic acids is 2. The van der Waals surface area contributed by atoms with Gasteiger partial charge in [-0.2, -0.15) is 0 Å². The fraction of sp³-hybridized carbons (Fsp3) is 0.647. The average molecular weight is 322 g/mol. The van der Waals surface area contributed by atoms with Crippen LogP contribution >= 0.6 is 0 Å². The molecule has 1 aliphatic heterocycles. The zero-order valence-corrected chi connectivity index (χ0v) is 14.0. The number of hydrogen-bond donors (Lipinski definition) is 2. The average Bonchev–Trinajstić information content (AvgIpc) is 3.10. The lowest BCUT2D eigenvalue weighted by atomic mass is 10.0. The fourth-order valence-electron chi connectivity index (χ4n) is 3.09. The predicted octanol–water partition coefficient (Wildman–Crippen LogP) is 1.85. The number of furan rings is 1. The smallest absolute Gasteiger partial charge is 0.243 e. The molecule has 3 atom stereocenters. The third-order valence-electron chi connectivity index (χ3n) is 4.18. The number of likely N-dealkylation sites (tertiary alicyclic amines) is 1. The van der Waals surface area contributed by atoms with Gasteiger partial charge in [-0.15, -0.1) is 0 Å². The number of rotatable bonds is 7. The van der Waals surface area contributed by atoms with Crippen LogP contribution in [0.4, 0.5) is 0 Å². The van der Waals surface area contributed by atoms with Crippen LogP contribution < -0.4 is 5.32 Å². The molecule has 1 fully saturated rings. The predicted molar refractivity (Wildman–Crippen MR) is 85.5 cm³/mol. The molecule has 1 aliphatic rings. The van der Waals surface area contributed by atoms with E-state index < -0.39 is 12.1 Å². The van der Waals surface area contributed by atoms with Crippen molar-refractivity contribution in [2.24, 2.45) is 5.92 Å². The Bertz CT molecular complexity index is 527. The van der Waals surface area contributed by atoms with Crippen molar-refractivity contribution in [3.63, 3.8) is 0 Å². The molecule has 1 aromatic rings. The third kappa shape index (κ3) is 4.34. The number of amides is 2. The molecule has 0 aromatic carbocycles. The number of carbonyl (C=O) groups is 2. The molecule has 6 nitrogen and oxygen atoms in total. The van der Waals surface area contributed by atoms with Gasteiger partial charge in [-0.3, -0.25) is 9.59 Å². The van der Waals surface area contributed by atoms with E-state index in [9.17, 15) is 14.7 Å². The maximum absolute atomic E-state index is 12.6. The first-order valence-corrected chi connectivity index (χ1v) is 8.21. The molecule has 2 rings (SSSR count). The second-order valence-electron chi connectivity index (χ2n) is 6.56. The lowest BCUT2D eigenvalue weighted by Gasteiger charge is -2.31. The van der Waals surface area contributed by atoms with Gasteiger partial charge in [0.05, 0.1) is 6.26 Å². The Hall–Kier alpha value is -1.82. The van der Waals surface area contributed by atoms with Gasteiger partial charge < -0.3 is 19.7 Å². The first-order chi connectivity index (χ1) is 10.9. The summed E-state index contributed by atoms with van der Waals surface area (Å²) < 4.78 is 5.17. The monoisotopic (exact) mass is 322 g/mol. The van der Waals surface area contributed by atoms with Gasteiger partial charge >= 0.3 is 0 Å². The van der Waals surface area contributed by atoms with Crippen molar-refractivity contribution < 1.29 is 19.1 Å². The Morgan fingerprint density at radius 3 is 2.70 bits per heavy atom. The lowest BCUT2D eigenvalue weighted by Crippen LogP contribution is -2.52. The van der Waals surface area contributed by atoms with Crippen LogP contribution in [0, 0.1) is 5.92 Å². The van der Waals surface area contributed by atoms with Crippen LogP contribution in [0.1, 0.15) is 51.9 Å². The minimum Gasteiger partial charge on any atom is -0.467 e. The second-order valence-corrected chi connectivity index (χ2v) is 6.56. The molecule has 23 heavy (non-hydrogen) atoms. The summed E-state index contributed by atoms with van der Waals surface area (Å²) >= 11 is 0. The molecular formula is C17H26N2O4. The van der Waals surface area contributed by atoms with Crippen LogP contribution in [-0.2, 0) is 9.59 Å². The summed E-state index contributed by atoms with van der Waals surface area (Å²) in [5.74, 6) is 0.414. The fourth-order valence-corrected chi connectivity index (χ4v) is 3.09. The van der Waals surface area contributed by atoms with Crippen molar-refractivity contribution in [3.05, 3.63) is 24.2 Å². The van der Waals surface area contributed by atoms with Crippen LogP contribution in [-0.4, -0.2) is 40.4 Å². The Morgan fingerprint density at radius 1 is 1.43 bits per heavy atom. The summed E-state index contributed by atoms with van der Waals surface area (Å²) in [6.07, 6.45) is 2.44. The second kappa shape index (κ2) is 7.64. The van der Waals surface area contributed by atoms with E-state index in [4.69, 9.17) is 4.42 Å². The number of aliphatic hydroxyl groups excluding tert-OH is 1. The first-order valence-electron chi connectivity index (χ1n) is 8.21. The van der Waals surface area contributed by atoms with Crippen molar-refractivity contribution in [2.45, 2.75) is 58.2 Å². The van der Waals surface area contributed by atoms with E-state index in [-0.39, 0.29) is 23.8 Å². The van der Waals surface area contributed by atoms with Gasteiger partial charge in [-0.05, 0) is 31.4 Å². The normalized spacial score (nSPS) is 19.0. The highest BCUT2D eigenvalue weighted by atomic mass is 16.4. The van der Waals surface area contributed by atoms with E-state index in [0.29, 0.717) is 25.1 Å². The molecule has 2 N–H and O–H groups in total. The van der Waals surface area contributed by atoms with Crippen molar-refractivity contribution in [1.82, 2.24) is 10.2 Å². The molecule has 128 valence electrons. The quantitative estimate of drug-likeness (QED) is 0.802. The minimum atomic E-state index is -0.758. The number of nitrogens with one attached hydrogen (secondary N) is 1. The van der Waals surface area contributed by atoms with Crippen LogP contribution in [0.3, 0.4) is 0 Å². The summed E-state index contributed by atoms with van der Waals surface area (Å²) in [4.78, 5) is 26.2. The molecule has 1 aromatic heterocycles. The van der Waals surface area contributed by atoms with E-state index in [1.807, 2.05) is 20.8 Å². The molecular weight excluding hydrogens is 296 g/mol. The largest absolute Gasteiger partial charge is 0.467 e. The minimum absolute atomic E-state index is 0.0410. The third-order valence-corrected chi connectivity index (χ3v) is 4.18. The summed E-state index contributed by atoms with van der Waals surface area (Å²) in [5, 5.41) is 13.0. The Kier molecular flexibility index (Phi) is 5.82. The van der Waals surface area contributed by atoms with Crippen molar-refractivity contribution in [1.29, 1.82) is 0 Å². The topological polar surface area (TPSA) is 82.8 Å². The first kappa shape index (κ1) is 17.5. The molecule has 3 unspecified atom stereocenters. The summed E-state index contributed by atoms with van der Waals surface area (Å²) in [7, 11) is 0. The van der Waals surface area contributed by atoms with Gasteiger partial charge in [0.25, 0.3) is 0 Å². The molecule has 0 radical (unpaired) electrons. The standard InChI is InChI=1S/C17H26N2O4/c1-11(2)16(19-8-4-7-15(19)21)17(22)18-12(3)10-13(20)14-6-5-9-23-14/h5-6,9,11-13,16,20H,4,7-8,10H2,1-3H3,(H,18,22). The molecule has 2 heterocycles. The van der Waals surface area contributed by atoms with E-state index in [1.165, 1.54) is 6.26 Å². The Labute approximate surface area is 136 Å². The Morgan fingerprint density at radius 2 is 2.17 bits per heavy atom. The maximum atomic E-state index is 12.6. The molecule has 2 amide bonds. The molecule has 0 spiro atoms. The van der Waals surface area contributed by atoms with Crippen LogP contribution in [0.25, 0.3) is 0 Å². The zero-order valence-electron chi connectivity index (χ0n) is 14.0. The summed E-state index contributed by atoms with van der Waals surface area (Å²) in [6.45, 7) is 6.36. The maximum Gasteiger partial charge on any atom is 0.243 e. The molecule has 0 bridgehead atoms. The highest BCUT2D eigenvalue weighted by Gasteiger charge is 2.35. The van der Waals surface area contributed by atoms with Crippen LogP contribution in [0.2, 0.25) is 0 Å². The van der Waals surface area contributed by atoms with Crippen LogP contribution in [0.5, 0.6) is 0 Å². The molecule has 6 heteroatoms. The van der Waals surface area contributed by atoms with Gasteiger partial charge in [0.15, 0.2) is 0 Å². The van der Waals surface area contributed by atoms with E-state index in [0.717, 1.165) is 6.42 Å². The number of hydrogen-bond acceptors (Lipinski definition) is 4. The summed E-state index contributed by atoms with van der Waals surface area (Å²) in [6, 6.07) is 2.75. The van der Waals surface area contributed by atoms with Gasteiger partial charge in [0.2, 0.25) is 11.8 Å². The molecule has 0 aliphatic carbocycles. The number of aliphatic hydroxyl groups is 1. The molecule has 1 saturated heterocycles. The van der Waals surface area contributed by atoms with Gasteiger partial charge in [-0.25, -0.2) is 0 Å². The Balaban J connectivity index is 1.94.